The Kier molecular flexibility index (Phi) is 1.77. The van der Waals surface area contributed by atoms with Crippen LogP contribution in [0, 0.1) is 0 Å². The highest BCUT2D eigenvalue weighted by Gasteiger charge is 2.40. The highest BCUT2D eigenvalue weighted by atomic mass is 16.5. The summed E-state index contributed by atoms with van der Waals surface area (Å²) < 4.78 is 5.43. The van der Waals surface area contributed by atoms with Crippen LogP contribution in [-0.2, 0) is 10.2 Å². The van der Waals surface area contributed by atoms with Crippen molar-refractivity contribution >= 4 is 5.69 Å². The van der Waals surface area contributed by atoms with Gasteiger partial charge in [-0.25, -0.2) is 0 Å². The van der Waals surface area contributed by atoms with Crippen molar-refractivity contribution in [1.29, 1.82) is 0 Å². The molecule has 1 aromatic rings. The zero-order valence-corrected chi connectivity index (χ0v) is 8.20. The molecule has 2 nitrogen and oxygen atoms in total. The van der Waals surface area contributed by atoms with E-state index in [4.69, 9.17) is 4.74 Å². The van der Waals surface area contributed by atoms with Crippen LogP contribution in [0.2, 0.25) is 0 Å². The molecule has 0 amide bonds. The van der Waals surface area contributed by atoms with Gasteiger partial charge in [0, 0.05) is 25.2 Å². The Bertz CT molecular complexity index is 336. The van der Waals surface area contributed by atoms with Gasteiger partial charge >= 0.3 is 0 Å². The van der Waals surface area contributed by atoms with Crippen LogP contribution in [0.1, 0.15) is 18.4 Å². The molecule has 1 radical (unpaired) electrons. The number of hydrogen-bond acceptors (Lipinski definition) is 1. The molecule has 1 spiro atoms. The first kappa shape index (κ1) is 8.30. The van der Waals surface area contributed by atoms with Gasteiger partial charge in [-0.2, -0.15) is 0 Å². The van der Waals surface area contributed by atoms with E-state index >= 15 is 0 Å². The predicted octanol–water partition coefficient (Wildman–Crippen LogP) is 1.98. The Morgan fingerprint density at radius 1 is 1.14 bits per heavy atom. The second kappa shape index (κ2) is 2.99. The zero-order chi connectivity index (χ0) is 9.43. The fraction of sp³-hybridized carbons (Fsp3) is 0.500. The first-order valence-corrected chi connectivity index (χ1v) is 5.26. The summed E-state index contributed by atoms with van der Waals surface area (Å²) in [6.07, 6.45) is 2.26. The molecule has 0 unspecified atom stereocenters. The van der Waals surface area contributed by atoms with Crippen LogP contribution in [0.3, 0.4) is 0 Å². The van der Waals surface area contributed by atoms with Crippen molar-refractivity contribution in [2.45, 2.75) is 18.3 Å². The Labute approximate surface area is 84.3 Å². The molecular weight excluding hydrogens is 174 g/mol. The van der Waals surface area contributed by atoms with Crippen molar-refractivity contribution < 1.29 is 4.74 Å². The Morgan fingerprint density at radius 3 is 2.79 bits per heavy atom. The lowest BCUT2D eigenvalue weighted by atomic mass is 9.76. The summed E-state index contributed by atoms with van der Waals surface area (Å²) in [6, 6.07) is 8.55. The number of hydrogen-bond donors (Lipinski definition) is 0. The lowest BCUT2D eigenvalue weighted by molar-refractivity contribution is 0.0545. The summed E-state index contributed by atoms with van der Waals surface area (Å²) in [4.78, 5) is 0. The smallest absolute Gasteiger partial charge is 0.0612 e. The number of para-hydroxylation sites is 1. The van der Waals surface area contributed by atoms with E-state index in [2.05, 4.69) is 29.6 Å². The van der Waals surface area contributed by atoms with Gasteiger partial charge in [0.1, 0.15) is 0 Å². The molecule has 2 aliphatic rings. The van der Waals surface area contributed by atoms with Gasteiger partial charge in [-0.1, -0.05) is 18.2 Å². The molecule has 2 heteroatoms. The monoisotopic (exact) mass is 188 g/mol. The normalized spacial score (nSPS) is 23.1. The van der Waals surface area contributed by atoms with Crippen LogP contribution in [0.15, 0.2) is 24.3 Å². The molecular formula is C12H14NO. The van der Waals surface area contributed by atoms with Gasteiger partial charge < -0.3 is 4.74 Å². The lowest BCUT2D eigenvalue weighted by Crippen LogP contribution is -2.35. The SMILES string of the molecule is c1ccc2c(c1)[N]CC21CCOCC1. The summed E-state index contributed by atoms with van der Waals surface area (Å²) >= 11 is 0. The Morgan fingerprint density at radius 2 is 1.93 bits per heavy atom. The van der Waals surface area contributed by atoms with Gasteiger partial charge in [0.25, 0.3) is 0 Å². The van der Waals surface area contributed by atoms with Crippen molar-refractivity contribution in [3.63, 3.8) is 0 Å². The molecule has 0 saturated carbocycles. The van der Waals surface area contributed by atoms with Gasteiger partial charge in [0.2, 0.25) is 0 Å². The van der Waals surface area contributed by atoms with Gasteiger partial charge in [0.05, 0.1) is 5.69 Å². The van der Waals surface area contributed by atoms with E-state index in [1.165, 1.54) is 11.3 Å². The first-order chi connectivity index (χ1) is 6.91. The molecule has 2 heterocycles. The molecule has 1 saturated heterocycles. The third-order valence-corrected chi connectivity index (χ3v) is 3.48. The molecule has 3 rings (SSSR count). The van der Waals surface area contributed by atoms with E-state index in [1.807, 2.05) is 0 Å². The summed E-state index contributed by atoms with van der Waals surface area (Å²) in [5.41, 5.74) is 2.96. The van der Waals surface area contributed by atoms with E-state index < -0.39 is 0 Å². The molecule has 0 bridgehead atoms. The predicted molar refractivity (Wildman–Crippen MR) is 54.8 cm³/mol. The van der Waals surface area contributed by atoms with E-state index in [9.17, 15) is 0 Å². The van der Waals surface area contributed by atoms with Crippen molar-refractivity contribution in [1.82, 2.24) is 5.32 Å². The van der Waals surface area contributed by atoms with Crippen LogP contribution in [0.5, 0.6) is 0 Å². The minimum absolute atomic E-state index is 0.314. The summed E-state index contributed by atoms with van der Waals surface area (Å²) in [5, 5.41) is 4.62. The number of ether oxygens (including phenoxy) is 1. The highest BCUT2D eigenvalue weighted by molar-refractivity contribution is 5.54. The number of nitrogens with zero attached hydrogens (tertiary/aromatic N) is 1. The quantitative estimate of drug-likeness (QED) is 0.610. The van der Waals surface area contributed by atoms with Crippen LogP contribution in [0.4, 0.5) is 5.69 Å². The van der Waals surface area contributed by atoms with Crippen LogP contribution in [0.25, 0.3) is 0 Å². The molecule has 1 fully saturated rings. The maximum Gasteiger partial charge on any atom is 0.0612 e. The van der Waals surface area contributed by atoms with Crippen molar-refractivity contribution in [3.8, 4) is 0 Å². The molecule has 0 atom stereocenters. The summed E-state index contributed by atoms with van der Waals surface area (Å²) in [6.45, 7) is 2.75. The molecule has 1 aromatic carbocycles. The van der Waals surface area contributed by atoms with Gasteiger partial charge in [0.15, 0.2) is 0 Å². The summed E-state index contributed by atoms with van der Waals surface area (Å²) in [7, 11) is 0. The minimum Gasteiger partial charge on any atom is -0.381 e. The van der Waals surface area contributed by atoms with Crippen molar-refractivity contribution in [3.05, 3.63) is 29.8 Å². The molecule has 14 heavy (non-hydrogen) atoms. The van der Waals surface area contributed by atoms with Crippen LogP contribution < -0.4 is 5.32 Å². The average molecular weight is 188 g/mol. The fourth-order valence-electron chi connectivity index (χ4n) is 2.57. The molecule has 0 N–H and O–H groups in total. The molecule has 0 aromatic heterocycles. The maximum atomic E-state index is 5.43. The summed E-state index contributed by atoms with van der Waals surface area (Å²) in [5.74, 6) is 0. The number of fused-ring (bicyclic) bond motifs is 2. The largest absolute Gasteiger partial charge is 0.381 e. The molecule has 73 valence electrons. The van der Waals surface area contributed by atoms with Crippen LogP contribution >= 0.6 is 0 Å². The molecule has 0 aliphatic carbocycles. The Balaban J connectivity index is 2.03. The Hall–Kier alpha value is -1.02. The molecule has 2 aliphatic heterocycles. The van der Waals surface area contributed by atoms with Gasteiger partial charge in [-0.05, 0) is 24.5 Å². The van der Waals surface area contributed by atoms with E-state index in [0.29, 0.717) is 5.41 Å². The van der Waals surface area contributed by atoms with Crippen LogP contribution in [-0.4, -0.2) is 19.8 Å². The highest BCUT2D eigenvalue weighted by Crippen LogP contribution is 2.43. The fourth-order valence-corrected chi connectivity index (χ4v) is 2.57. The van der Waals surface area contributed by atoms with Crippen molar-refractivity contribution in [2.75, 3.05) is 19.8 Å². The van der Waals surface area contributed by atoms with Crippen molar-refractivity contribution in [2.24, 2.45) is 0 Å². The first-order valence-electron chi connectivity index (χ1n) is 5.26. The standard InChI is InChI=1S/C12H14NO/c1-2-4-11-10(3-1)12(9-13-11)5-7-14-8-6-12/h1-4H,5-9H2. The van der Waals surface area contributed by atoms with Gasteiger partial charge in [-0.15, -0.1) is 0 Å². The second-order valence-electron chi connectivity index (χ2n) is 4.23. The number of benzene rings is 1. The van der Waals surface area contributed by atoms with E-state index in [0.717, 1.165) is 32.6 Å². The topological polar surface area (TPSA) is 23.3 Å². The second-order valence-corrected chi connectivity index (χ2v) is 4.23. The van der Waals surface area contributed by atoms with E-state index in [1.54, 1.807) is 0 Å². The maximum absolute atomic E-state index is 5.43. The van der Waals surface area contributed by atoms with E-state index in [-0.39, 0.29) is 0 Å². The zero-order valence-electron chi connectivity index (χ0n) is 8.20. The van der Waals surface area contributed by atoms with Gasteiger partial charge in [-0.3, -0.25) is 5.32 Å². The average Bonchev–Trinajstić information content (AvgIpc) is 2.60. The third kappa shape index (κ3) is 1.07. The third-order valence-electron chi connectivity index (χ3n) is 3.48. The minimum atomic E-state index is 0.314. The number of rotatable bonds is 0. The lowest BCUT2D eigenvalue weighted by Gasteiger charge is -2.32.